The summed E-state index contributed by atoms with van der Waals surface area (Å²) in [6, 6.07) is 6.35. The first-order chi connectivity index (χ1) is 9.65. The number of benzene rings is 1. The predicted molar refractivity (Wildman–Crippen MR) is 80.7 cm³/mol. The van der Waals surface area contributed by atoms with Crippen molar-refractivity contribution in [3.63, 3.8) is 0 Å². The van der Waals surface area contributed by atoms with Crippen LogP contribution in [0.5, 0.6) is 0 Å². The zero-order chi connectivity index (χ0) is 14.1. The summed E-state index contributed by atoms with van der Waals surface area (Å²) < 4.78 is 0. The molecule has 3 rings (SSSR count). The van der Waals surface area contributed by atoms with Crippen LogP contribution in [0.4, 0.5) is 5.69 Å². The third-order valence-electron chi connectivity index (χ3n) is 4.68. The van der Waals surface area contributed by atoms with E-state index >= 15 is 0 Å². The molecule has 0 aromatic heterocycles. The summed E-state index contributed by atoms with van der Waals surface area (Å²) in [5.41, 5.74) is 8.22. The van der Waals surface area contributed by atoms with Crippen molar-refractivity contribution in [3.05, 3.63) is 29.3 Å². The summed E-state index contributed by atoms with van der Waals surface area (Å²) in [5, 5.41) is 0. The molecule has 0 unspecified atom stereocenters. The lowest BCUT2D eigenvalue weighted by Crippen LogP contribution is -2.53. The number of aryl methyl sites for hydroxylation is 1. The molecule has 20 heavy (non-hydrogen) atoms. The van der Waals surface area contributed by atoms with E-state index in [0.29, 0.717) is 5.69 Å². The first-order valence-electron chi connectivity index (χ1n) is 7.54. The monoisotopic (exact) mass is 273 g/mol. The Morgan fingerprint density at radius 3 is 2.50 bits per heavy atom. The fourth-order valence-electron chi connectivity index (χ4n) is 3.08. The van der Waals surface area contributed by atoms with E-state index in [4.69, 9.17) is 5.73 Å². The Labute approximate surface area is 120 Å². The van der Waals surface area contributed by atoms with E-state index in [1.54, 1.807) is 6.07 Å². The van der Waals surface area contributed by atoms with Crippen molar-refractivity contribution in [1.82, 2.24) is 9.80 Å². The molecule has 1 aliphatic heterocycles. The molecule has 0 bridgehead atoms. The van der Waals surface area contributed by atoms with E-state index in [0.717, 1.165) is 43.3 Å². The number of carbonyl (C=O) groups excluding carboxylic acids is 1. The third kappa shape index (κ3) is 2.52. The standard InChI is InChI=1S/C16H23N3O/c1-12-5-6-13(17)11-15(12)16(20)19-9-7-18(8-10-19)14-3-2-4-14/h5-6,11,14H,2-4,7-10,17H2,1H3. The van der Waals surface area contributed by atoms with Gasteiger partial charge in [0.2, 0.25) is 0 Å². The Morgan fingerprint density at radius 1 is 1.20 bits per heavy atom. The van der Waals surface area contributed by atoms with Gasteiger partial charge in [0.15, 0.2) is 0 Å². The van der Waals surface area contributed by atoms with E-state index in [1.807, 2.05) is 24.0 Å². The number of hydrogen-bond donors (Lipinski definition) is 1. The molecular weight excluding hydrogens is 250 g/mol. The Kier molecular flexibility index (Phi) is 3.66. The Bertz CT molecular complexity index is 502. The smallest absolute Gasteiger partial charge is 0.254 e. The molecule has 2 N–H and O–H groups in total. The van der Waals surface area contributed by atoms with Crippen molar-refractivity contribution in [2.24, 2.45) is 0 Å². The van der Waals surface area contributed by atoms with Gasteiger partial charge in [-0.05, 0) is 37.5 Å². The molecule has 1 amide bonds. The minimum Gasteiger partial charge on any atom is -0.399 e. The van der Waals surface area contributed by atoms with Gasteiger partial charge >= 0.3 is 0 Å². The largest absolute Gasteiger partial charge is 0.399 e. The van der Waals surface area contributed by atoms with Gasteiger partial charge in [-0.15, -0.1) is 0 Å². The topological polar surface area (TPSA) is 49.6 Å². The highest BCUT2D eigenvalue weighted by atomic mass is 16.2. The number of rotatable bonds is 2. The number of carbonyl (C=O) groups is 1. The molecule has 0 spiro atoms. The van der Waals surface area contributed by atoms with Crippen molar-refractivity contribution in [3.8, 4) is 0 Å². The van der Waals surface area contributed by atoms with Gasteiger partial charge in [0, 0.05) is 43.5 Å². The van der Waals surface area contributed by atoms with Crippen molar-refractivity contribution in [2.45, 2.75) is 32.2 Å². The van der Waals surface area contributed by atoms with E-state index in [2.05, 4.69) is 4.90 Å². The molecule has 1 aliphatic carbocycles. The summed E-state index contributed by atoms with van der Waals surface area (Å²) in [6.07, 6.45) is 4.04. The maximum absolute atomic E-state index is 12.6. The van der Waals surface area contributed by atoms with Crippen molar-refractivity contribution in [2.75, 3.05) is 31.9 Å². The maximum atomic E-state index is 12.6. The lowest BCUT2D eigenvalue weighted by atomic mass is 9.91. The van der Waals surface area contributed by atoms with Crippen LogP contribution in [0.25, 0.3) is 0 Å². The molecule has 0 atom stereocenters. The fourth-order valence-corrected chi connectivity index (χ4v) is 3.08. The summed E-state index contributed by atoms with van der Waals surface area (Å²) >= 11 is 0. The van der Waals surface area contributed by atoms with Crippen LogP contribution >= 0.6 is 0 Å². The van der Waals surface area contributed by atoms with Crippen LogP contribution in [0, 0.1) is 6.92 Å². The molecule has 2 aliphatic rings. The van der Waals surface area contributed by atoms with Crippen LogP contribution in [0.15, 0.2) is 18.2 Å². The highest BCUT2D eigenvalue weighted by Gasteiger charge is 2.29. The van der Waals surface area contributed by atoms with Gasteiger partial charge in [-0.2, -0.15) is 0 Å². The quantitative estimate of drug-likeness (QED) is 0.837. The zero-order valence-corrected chi connectivity index (χ0v) is 12.1. The minimum atomic E-state index is 0.128. The molecule has 4 heteroatoms. The number of hydrogen-bond acceptors (Lipinski definition) is 3. The normalized spacial score (nSPS) is 20.8. The lowest BCUT2D eigenvalue weighted by Gasteiger charge is -2.43. The van der Waals surface area contributed by atoms with E-state index in [-0.39, 0.29) is 5.91 Å². The summed E-state index contributed by atoms with van der Waals surface area (Å²) in [6.45, 7) is 5.67. The maximum Gasteiger partial charge on any atom is 0.254 e. The Hall–Kier alpha value is -1.55. The summed E-state index contributed by atoms with van der Waals surface area (Å²) in [5.74, 6) is 0.128. The highest BCUT2D eigenvalue weighted by Crippen LogP contribution is 2.26. The van der Waals surface area contributed by atoms with Crippen molar-refractivity contribution < 1.29 is 4.79 Å². The second-order valence-corrected chi connectivity index (χ2v) is 5.99. The second kappa shape index (κ2) is 5.44. The average Bonchev–Trinajstić information content (AvgIpc) is 2.40. The van der Waals surface area contributed by atoms with Crippen molar-refractivity contribution >= 4 is 11.6 Å². The van der Waals surface area contributed by atoms with Gasteiger partial charge < -0.3 is 10.6 Å². The Balaban J connectivity index is 1.65. The fraction of sp³-hybridized carbons (Fsp3) is 0.562. The van der Waals surface area contributed by atoms with Gasteiger partial charge in [0.25, 0.3) is 5.91 Å². The van der Waals surface area contributed by atoms with E-state index in [1.165, 1.54) is 19.3 Å². The Morgan fingerprint density at radius 2 is 1.90 bits per heavy atom. The van der Waals surface area contributed by atoms with Crippen LogP contribution in [-0.2, 0) is 0 Å². The van der Waals surface area contributed by atoms with Crippen LogP contribution in [0.3, 0.4) is 0 Å². The molecule has 1 saturated heterocycles. The lowest BCUT2D eigenvalue weighted by molar-refractivity contribution is 0.0455. The zero-order valence-electron chi connectivity index (χ0n) is 12.1. The molecule has 1 heterocycles. The average molecular weight is 273 g/mol. The highest BCUT2D eigenvalue weighted by molar-refractivity contribution is 5.96. The van der Waals surface area contributed by atoms with Gasteiger partial charge in [0.05, 0.1) is 0 Å². The second-order valence-electron chi connectivity index (χ2n) is 5.99. The molecule has 1 saturated carbocycles. The molecule has 1 aromatic rings. The number of nitrogens with two attached hydrogens (primary N) is 1. The van der Waals surface area contributed by atoms with Crippen LogP contribution in [0.2, 0.25) is 0 Å². The van der Waals surface area contributed by atoms with Gasteiger partial charge in [-0.3, -0.25) is 9.69 Å². The van der Waals surface area contributed by atoms with Crippen LogP contribution < -0.4 is 5.73 Å². The molecular formula is C16H23N3O. The minimum absolute atomic E-state index is 0.128. The van der Waals surface area contributed by atoms with Crippen LogP contribution in [0.1, 0.15) is 35.2 Å². The SMILES string of the molecule is Cc1ccc(N)cc1C(=O)N1CCN(C2CCC2)CC1. The number of amides is 1. The molecule has 2 fully saturated rings. The molecule has 0 radical (unpaired) electrons. The third-order valence-corrected chi connectivity index (χ3v) is 4.68. The van der Waals surface area contributed by atoms with E-state index < -0.39 is 0 Å². The van der Waals surface area contributed by atoms with E-state index in [9.17, 15) is 4.79 Å². The number of nitrogens with zero attached hydrogens (tertiary/aromatic N) is 2. The first kappa shape index (κ1) is 13.4. The molecule has 4 nitrogen and oxygen atoms in total. The predicted octanol–water partition coefficient (Wildman–Crippen LogP) is 1.89. The number of anilines is 1. The first-order valence-corrected chi connectivity index (χ1v) is 7.54. The van der Waals surface area contributed by atoms with Crippen molar-refractivity contribution in [1.29, 1.82) is 0 Å². The molecule has 1 aromatic carbocycles. The van der Waals surface area contributed by atoms with Gasteiger partial charge in [-0.25, -0.2) is 0 Å². The van der Waals surface area contributed by atoms with Gasteiger partial charge in [0.1, 0.15) is 0 Å². The van der Waals surface area contributed by atoms with Crippen LogP contribution in [-0.4, -0.2) is 47.9 Å². The summed E-state index contributed by atoms with van der Waals surface area (Å²) in [4.78, 5) is 17.1. The molecule has 108 valence electrons. The number of nitrogen functional groups attached to an aromatic ring is 1. The number of piperazine rings is 1. The van der Waals surface area contributed by atoms with Gasteiger partial charge in [-0.1, -0.05) is 12.5 Å². The summed E-state index contributed by atoms with van der Waals surface area (Å²) in [7, 11) is 0.